The second-order valence-electron chi connectivity index (χ2n) is 7.44. The number of hydrogen-bond donors (Lipinski definition) is 0. The van der Waals surface area contributed by atoms with Gasteiger partial charge in [-0.3, -0.25) is 14.7 Å². The fraction of sp³-hybridized carbons (Fsp3) is 0.524. The summed E-state index contributed by atoms with van der Waals surface area (Å²) in [5.74, 6) is 0.771. The lowest BCUT2D eigenvalue weighted by atomic mass is 9.89. The maximum absolute atomic E-state index is 12.9. The third kappa shape index (κ3) is 3.60. The molecule has 0 N–H and O–H groups in total. The van der Waals surface area contributed by atoms with Crippen molar-refractivity contribution in [1.82, 2.24) is 14.8 Å². The molecular formula is C21H27N3O2. The summed E-state index contributed by atoms with van der Waals surface area (Å²) in [6.45, 7) is 7.76. The Balaban J connectivity index is 1.38. The molecule has 2 aliphatic heterocycles. The van der Waals surface area contributed by atoms with Crippen LogP contribution in [-0.4, -0.2) is 66.1 Å². The SMILES string of the molecule is C[C@@H](C1CCN(C(=O)c2cnc3ccccc3c2)CC1)N1CCOCC1. The van der Waals surface area contributed by atoms with Crippen molar-refractivity contribution < 1.29 is 9.53 Å². The highest BCUT2D eigenvalue weighted by Gasteiger charge is 2.30. The molecule has 0 radical (unpaired) electrons. The van der Waals surface area contributed by atoms with Crippen LogP contribution in [-0.2, 0) is 4.74 Å². The van der Waals surface area contributed by atoms with Crippen LogP contribution in [0, 0.1) is 5.92 Å². The Kier molecular flexibility index (Phi) is 5.18. The number of ether oxygens (including phenoxy) is 1. The number of likely N-dealkylation sites (tertiary alicyclic amines) is 1. The first kappa shape index (κ1) is 17.4. The van der Waals surface area contributed by atoms with Gasteiger partial charge in [-0.1, -0.05) is 18.2 Å². The Morgan fingerprint density at radius 3 is 2.65 bits per heavy atom. The highest BCUT2D eigenvalue weighted by molar-refractivity contribution is 5.97. The van der Waals surface area contributed by atoms with Crippen molar-refractivity contribution >= 4 is 16.8 Å². The number of piperidine rings is 1. The molecule has 0 saturated carbocycles. The molecule has 1 aromatic heterocycles. The number of carbonyl (C=O) groups excluding carboxylic acids is 1. The van der Waals surface area contributed by atoms with Gasteiger partial charge in [0.15, 0.2) is 0 Å². The summed E-state index contributed by atoms with van der Waals surface area (Å²) in [7, 11) is 0. The van der Waals surface area contributed by atoms with Crippen LogP contribution < -0.4 is 0 Å². The second-order valence-corrected chi connectivity index (χ2v) is 7.44. The molecule has 4 rings (SSSR count). The van der Waals surface area contributed by atoms with Crippen molar-refractivity contribution in [3.8, 4) is 0 Å². The Bertz CT molecular complexity index is 765. The van der Waals surface area contributed by atoms with E-state index in [0.717, 1.165) is 63.1 Å². The molecule has 2 fully saturated rings. The number of carbonyl (C=O) groups is 1. The van der Waals surface area contributed by atoms with Crippen LogP contribution in [0.5, 0.6) is 0 Å². The molecule has 26 heavy (non-hydrogen) atoms. The summed E-state index contributed by atoms with van der Waals surface area (Å²) in [4.78, 5) is 21.9. The molecule has 0 spiro atoms. The van der Waals surface area contributed by atoms with Crippen LogP contribution in [0.4, 0.5) is 0 Å². The van der Waals surface area contributed by atoms with Crippen LogP contribution in [0.15, 0.2) is 36.5 Å². The molecule has 138 valence electrons. The predicted octanol–water partition coefficient (Wildman–Crippen LogP) is 2.81. The number of para-hydroxylation sites is 1. The molecule has 0 unspecified atom stereocenters. The average molecular weight is 353 g/mol. The van der Waals surface area contributed by atoms with Gasteiger partial charge >= 0.3 is 0 Å². The van der Waals surface area contributed by atoms with Gasteiger partial charge in [0.05, 0.1) is 24.3 Å². The van der Waals surface area contributed by atoms with E-state index in [9.17, 15) is 4.79 Å². The number of pyridine rings is 1. The van der Waals surface area contributed by atoms with Crippen LogP contribution in [0.2, 0.25) is 0 Å². The zero-order chi connectivity index (χ0) is 17.9. The monoisotopic (exact) mass is 353 g/mol. The van der Waals surface area contributed by atoms with Crippen LogP contribution in [0.1, 0.15) is 30.1 Å². The van der Waals surface area contributed by atoms with Crippen molar-refractivity contribution in [1.29, 1.82) is 0 Å². The van der Waals surface area contributed by atoms with Gasteiger partial charge in [-0.2, -0.15) is 0 Å². The van der Waals surface area contributed by atoms with E-state index in [1.807, 2.05) is 35.2 Å². The lowest BCUT2D eigenvalue weighted by Crippen LogP contribution is -2.49. The smallest absolute Gasteiger partial charge is 0.255 e. The summed E-state index contributed by atoms with van der Waals surface area (Å²) in [5.41, 5.74) is 1.63. The molecule has 2 aromatic rings. The number of amides is 1. The van der Waals surface area contributed by atoms with E-state index in [4.69, 9.17) is 4.74 Å². The zero-order valence-corrected chi connectivity index (χ0v) is 15.4. The van der Waals surface area contributed by atoms with Crippen molar-refractivity contribution in [2.75, 3.05) is 39.4 Å². The van der Waals surface area contributed by atoms with Crippen LogP contribution in [0.3, 0.4) is 0 Å². The largest absolute Gasteiger partial charge is 0.379 e. The van der Waals surface area contributed by atoms with Gasteiger partial charge in [0.25, 0.3) is 5.91 Å². The molecule has 3 heterocycles. The van der Waals surface area contributed by atoms with Gasteiger partial charge in [0, 0.05) is 43.8 Å². The predicted molar refractivity (Wildman–Crippen MR) is 102 cm³/mol. The molecule has 2 aliphatic rings. The van der Waals surface area contributed by atoms with Gasteiger partial charge in [0.2, 0.25) is 0 Å². The van der Waals surface area contributed by atoms with Crippen molar-refractivity contribution in [2.45, 2.75) is 25.8 Å². The first-order valence-electron chi connectivity index (χ1n) is 9.68. The lowest BCUT2D eigenvalue weighted by Gasteiger charge is -2.41. The fourth-order valence-electron chi connectivity index (χ4n) is 4.24. The Morgan fingerprint density at radius 1 is 1.15 bits per heavy atom. The average Bonchev–Trinajstić information content (AvgIpc) is 2.73. The van der Waals surface area contributed by atoms with E-state index in [1.165, 1.54) is 0 Å². The molecular weight excluding hydrogens is 326 g/mol. The molecule has 5 nitrogen and oxygen atoms in total. The Labute approximate surface area is 154 Å². The highest BCUT2D eigenvalue weighted by atomic mass is 16.5. The minimum Gasteiger partial charge on any atom is -0.379 e. The summed E-state index contributed by atoms with van der Waals surface area (Å²) in [6, 6.07) is 10.5. The first-order chi connectivity index (χ1) is 12.7. The topological polar surface area (TPSA) is 45.7 Å². The fourth-order valence-corrected chi connectivity index (χ4v) is 4.24. The van der Waals surface area contributed by atoms with E-state index in [0.29, 0.717) is 17.5 Å². The van der Waals surface area contributed by atoms with E-state index < -0.39 is 0 Å². The molecule has 2 saturated heterocycles. The van der Waals surface area contributed by atoms with Gasteiger partial charge in [-0.15, -0.1) is 0 Å². The van der Waals surface area contributed by atoms with Crippen LogP contribution >= 0.6 is 0 Å². The van der Waals surface area contributed by atoms with Crippen molar-refractivity contribution in [2.24, 2.45) is 5.92 Å². The summed E-state index contributed by atoms with van der Waals surface area (Å²) < 4.78 is 5.46. The maximum Gasteiger partial charge on any atom is 0.255 e. The number of benzene rings is 1. The minimum atomic E-state index is 0.112. The van der Waals surface area contributed by atoms with E-state index in [1.54, 1.807) is 6.20 Å². The molecule has 1 aromatic carbocycles. The van der Waals surface area contributed by atoms with E-state index >= 15 is 0 Å². The molecule has 5 heteroatoms. The summed E-state index contributed by atoms with van der Waals surface area (Å²) in [5, 5.41) is 1.02. The van der Waals surface area contributed by atoms with Gasteiger partial charge in [0.1, 0.15) is 0 Å². The molecule has 0 bridgehead atoms. The third-order valence-corrected chi connectivity index (χ3v) is 5.97. The standard InChI is InChI=1S/C21H27N3O2/c1-16(23-10-12-26-13-11-23)17-6-8-24(9-7-17)21(25)19-14-18-4-2-3-5-20(18)22-15-19/h2-5,14-17H,6-13H2,1H3/t16-/m0/s1. The second kappa shape index (κ2) is 7.72. The number of nitrogens with zero attached hydrogens (tertiary/aromatic N) is 3. The van der Waals surface area contributed by atoms with Crippen LogP contribution in [0.25, 0.3) is 10.9 Å². The maximum atomic E-state index is 12.9. The van der Waals surface area contributed by atoms with Gasteiger partial charge in [-0.05, 0) is 37.8 Å². The molecule has 1 amide bonds. The number of hydrogen-bond acceptors (Lipinski definition) is 4. The molecule has 1 atom stereocenters. The number of morpholine rings is 1. The van der Waals surface area contributed by atoms with Gasteiger partial charge < -0.3 is 9.64 Å². The highest BCUT2D eigenvalue weighted by Crippen LogP contribution is 2.26. The number of fused-ring (bicyclic) bond motifs is 1. The van der Waals surface area contributed by atoms with Crippen molar-refractivity contribution in [3.63, 3.8) is 0 Å². The lowest BCUT2D eigenvalue weighted by molar-refractivity contribution is -0.000951. The number of aromatic nitrogens is 1. The number of rotatable bonds is 3. The summed E-state index contributed by atoms with van der Waals surface area (Å²) in [6.07, 6.45) is 3.86. The Hall–Kier alpha value is -1.98. The summed E-state index contributed by atoms with van der Waals surface area (Å²) >= 11 is 0. The van der Waals surface area contributed by atoms with E-state index in [2.05, 4.69) is 16.8 Å². The third-order valence-electron chi connectivity index (χ3n) is 5.97. The first-order valence-corrected chi connectivity index (χ1v) is 9.68. The van der Waals surface area contributed by atoms with E-state index in [-0.39, 0.29) is 5.91 Å². The Morgan fingerprint density at radius 2 is 1.88 bits per heavy atom. The van der Waals surface area contributed by atoms with Crippen molar-refractivity contribution in [3.05, 3.63) is 42.1 Å². The molecule has 0 aliphatic carbocycles. The van der Waals surface area contributed by atoms with Gasteiger partial charge in [-0.25, -0.2) is 0 Å². The minimum absolute atomic E-state index is 0.112. The quantitative estimate of drug-likeness (QED) is 0.851. The zero-order valence-electron chi connectivity index (χ0n) is 15.4. The normalized spacial score (nSPS) is 21.0.